The average molecular weight is 388 g/mol. The third-order valence-electron chi connectivity index (χ3n) is 5.32. The van der Waals surface area contributed by atoms with Crippen LogP contribution in [0.15, 0.2) is 9.52 Å². The van der Waals surface area contributed by atoms with Crippen molar-refractivity contribution in [3.05, 3.63) is 28.7 Å². The number of aryl methyl sites for hydroxylation is 4. The van der Waals surface area contributed by atoms with E-state index < -0.39 is 0 Å². The molecule has 2 aromatic heterocycles. The molecule has 3 heterocycles. The molecule has 0 spiro atoms. The van der Waals surface area contributed by atoms with Gasteiger partial charge in [0.05, 0.1) is 5.69 Å². The van der Waals surface area contributed by atoms with Gasteiger partial charge in [-0.15, -0.1) is 10.2 Å². The number of hydrogen-bond donors (Lipinski definition) is 2. The zero-order chi connectivity index (χ0) is 19.8. The van der Waals surface area contributed by atoms with Crippen LogP contribution in [0.2, 0.25) is 0 Å². The maximum absolute atomic E-state index is 5.43. The van der Waals surface area contributed by atoms with Crippen LogP contribution in [-0.2, 0) is 38.8 Å². The zero-order valence-corrected chi connectivity index (χ0v) is 17.4. The first-order chi connectivity index (χ1) is 13.8. The quantitative estimate of drug-likeness (QED) is 0.410. The Balaban J connectivity index is 1.45. The first-order valence-corrected chi connectivity index (χ1v) is 10.6. The molecule has 8 heteroatoms. The lowest BCUT2D eigenvalue weighted by Gasteiger charge is -2.12. The summed E-state index contributed by atoms with van der Waals surface area (Å²) >= 11 is 0. The van der Waals surface area contributed by atoms with Crippen LogP contribution in [0, 0.1) is 0 Å². The van der Waals surface area contributed by atoms with E-state index in [-0.39, 0.29) is 0 Å². The summed E-state index contributed by atoms with van der Waals surface area (Å²) in [7, 11) is 1.79. The number of aromatic nitrogens is 4. The highest BCUT2D eigenvalue weighted by molar-refractivity contribution is 5.79. The minimum atomic E-state index is 0.674. The van der Waals surface area contributed by atoms with Gasteiger partial charge in [0.2, 0.25) is 0 Å². The van der Waals surface area contributed by atoms with E-state index in [1.807, 2.05) is 0 Å². The molecule has 0 bridgehead atoms. The molecule has 8 nitrogen and oxygen atoms in total. The fourth-order valence-corrected chi connectivity index (χ4v) is 3.71. The molecule has 3 rings (SSSR count). The molecule has 0 saturated carbocycles. The second-order valence-electron chi connectivity index (χ2n) is 7.19. The van der Waals surface area contributed by atoms with E-state index in [9.17, 15) is 0 Å². The molecule has 0 fully saturated rings. The van der Waals surface area contributed by atoms with Gasteiger partial charge in [-0.05, 0) is 25.7 Å². The van der Waals surface area contributed by atoms with Crippen molar-refractivity contribution < 1.29 is 4.52 Å². The summed E-state index contributed by atoms with van der Waals surface area (Å²) in [6.07, 6.45) is 8.45. The first kappa shape index (κ1) is 20.4. The number of guanidine groups is 1. The van der Waals surface area contributed by atoms with Crippen molar-refractivity contribution in [3.63, 3.8) is 0 Å². The minimum absolute atomic E-state index is 0.674. The van der Waals surface area contributed by atoms with Crippen LogP contribution >= 0.6 is 0 Å². The van der Waals surface area contributed by atoms with Gasteiger partial charge in [-0.1, -0.05) is 25.4 Å². The van der Waals surface area contributed by atoms with Gasteiger partial charge >= 0.3 is 0 Å². The normalized spacial score (nSPS) is 14.6. The maximum Gasteiger partial charge on any atom is 0.191 e. The van der Waals surface area contributed by atoms with Crippen LogP contribution < -0.4 is 10.6 Å². The van der Waals surface area contributed by atoms with Crippen molar-refractivity contribution in [1.29, 1.82) is 0 Å². The molecule has 0 saturated heterocycles. The number of fused-ring (bicyclic) bond motifs is 1. The van der Waals surface area contributed by atoms with E-state index in [0.717, 1.165) is 79.8 Å². The SMILES string of the molecule is CCc1noc(CC)c1CNC(=NC)NCCCc1nnc2n1CCCCC2. The molecule has 0 aliphatic carbocycles. The second-order valence-corrected chi connectivity index (χ2v) is 7.19. The van der Waals surface area contributed by atoms with Gasteiger partial charge in [0.1, 0.15) is 17.4 Å². The Bertz CT molecular complexity index is 756. The molecule has 0 unspecified atom stereocenters. The van der Waals surface area contributed by atoms with Crippen molar-refractivity contribution in [2.24, 2.45) is 4.99 Å². The Hall–Kier alpha value is -2.38. The third-order valence-corrected chi connectivity index (χ3v) is 5.32. The fourth-order valence-electron chi connectivity index (χ4n) is 3.71. The number of aliphatic imine (C=N–C) groups is 1. The van der Waals surface area contributed by atoms with Crippen molar-refractivity contribution in [2.75, 3.05) is 13.6 Å². The van der Waals surface area contributed by atoms with Gasteiger partial charge < -0.3 is 19.7 Å². The predicted molar refractivity (Wildman–Crippen MR) is 109 cm³/mol. The van der Waals surface area contributed by atoms with Crippen molar-refractivity contribution in [1.82, 2.24) is 30.6 Å². The van der Waals surface area contributed by atoms with Crippen LogP contribution in [0.1, 0.15) is 68.2 Å². The Labute approximate surface area is 167 Å². The summed E-state index contributed by atoms with van der Waals surface area (Å²) in [5.74, 6) is 4.02. The minimum Gasteiger partial charge on any atom is -0.361 e. The lowest BCUT2D eigenvalue weighted by Crippen LogP contribution is -2.37. The van der Waals surface area contributed by atoms with Gasteiger partial charge in [-0.3, -0.25) is 4.99 Å². The van der Waals surface area contributed by atoms with Crippen LogP contribution in [0.5, 0.6) is 0 Å². The standard InChI is InChI=1S/C20H33N7O/c1-4-16-15(17(5-2)28-26-16)14-23-20(21-3)22-12-9-11-19-25-24-18-10-7-6-8-13-27(18)19/h4-14H2,1-3H3,(H2,21,22,23). The smallest absolute Gasteiger partial charge is 0.191 e. The summed E-state index contributed by atoms with van der Waals surface area (Å²) in [5, 5.41) is 19.7. The molecule has 1 aliphatic heterocycles. The van der Waals surface area contributed by atoms with E-state index in [1.54, 1.807) is 7.05 Å². The predicted octanol–water partition coefficient (Wildman–Crippen LogP) is 2.42. The molecular formula is C20H33N7O. The van der Waals surface area contributed by atoms with Crippen LogP contribution in [-0.4, -0.2) is 39.5 Å². The summed E-state index contributed by atoms with van der Waals surface area (Å²) in [4.78, 5) is 4.33. The Morgan fingerprint density at radius 3 is 2.82 bits per heavy atom. The lowest BCUT2D eigenvalue weighted by atomic mass is 10.1. The molecule has 154 valence electrons. The molecule has 2 aromatic rings. The van der Waals surface area contributed by atoms with Gasteiger partial charge in [0.15, 0.2) is 5.96 Å². The molecule has 2 N–H and O–H groups in total. The zero-order valence-electron chi connectivity index (χ0n) is 17.4. The van der Waals surface area contributed by atoms with Crippen LogP contribution in [0.4, 0.5) is 0 Å². The molecule has 0 atom stereocenters. The fraction of sp³-hybridized carbons (Fsp3) is 0.700. The number of nitrogens with one attached hydrogen (secondary N) is 2. The Morgan fingerprint density at radius 1 is 1.14 bits per heavy atom. The van der Waals surface area contributed by atoms with Crippen LogP contribution in [0.3, 0.4) is 0 Å². The highest BCUT2D eigenvalue weighted by Crippen LogP contribution is 2.16. The second kappa shape index (κ2) is 10.2. The Morgan fingerprint density at radius 2 is 2.04 bits per heavy atom. The van der Waals surface area contributed by atoms with E-state index in [2.05, 4.69) is 49.4 Å². The summed E-state index contributed by atoms with van der Waals surface area (Å²) < 4.78 is 7.75. The number of nitrogens with zero attached hydrogens (tertiary/aromatic N) is 5. The van der Waals surface area contributed by atoms with Gasteiger partial charge in [-0.25, -0.2) is 0 Å². The number of hydrogen-bond acceptors (Lipinski definition) is 5. The third kappa shape index (κ3) is 4.91. The van der Waals surface area contributed by atoms with E-state index in [1.165, 1.54) is 19.3 Å². The van der Waals surface area contributed by atoms with Crippen LogP contribution in [0.25, 0.3) is 0 Å². The maximum atomic E-state index is 5.43. The van der Waals surface area contributed by atoms with Crippen molar-refractivity contribution >= 4 is 5.96 Å². The van der Waals surface area contributed by atoms with E-state index >= 15 is 0 Å². The van der Waals surface area contributed by atoms with Crippen molar-refractivity contribution in [3.8, 4) is 0 Å². The topological polar surface area (TPSA) is 93.2 Å². The van der Waals surface area contributed by atoms with E-state index in [0.29, 0.717) is 6.54 Å². The largest absolute Gasteiger partial charge is 0.361 e. The highest BCUT2D eigenvalue weighted by atomic mass is 16.5. The van der Waals surface area contributed by atoms with Gasteiger partial charge in [0, 0.05) is 51.5 Å². The summed E-state index contributed by atoms with van der Waals surface area (Å²) in [5.41, 5.74) is 2.17. The first-order valence-electron chi connectivity index (χ1n) is 10.6. The molecular weight excluding hydrogens is 354 g/mol. The molecule has 0 radical (unpaired) electrons. The molecule has 0 amide bonds. The van der Waals surface area contributed by atoms with E-state index in [4.69, 9.17) is 4.52 Å². The monoisotopic (exact) mass is 387 g/mol. The Kier molecular flexibility index (Phi) is 7.45. The lowest BCUT2D eigenvalue weighted by molar-refractivity contribution is 0.380. The average Bonchev–Trinajstić information content (AvgIpc) is 3.22. The molecule has 1 aliphatic rings. The highest BCUT2D eigenvalue weighted by Gasteiger charge is 2.15. The summed E-state index contributed by atoms with van der Waals surface area (Å²) in [6.45, 7) is 6.76. The number of rotatable bonds is 8. The molecule has 28 heavy (non-hydrogen) atoms. The molecule has 0 aromatic carbocycles. The summed E-state index contributed by atoms with van der Waals surface area (Å²) in [6, 6.07) is 0. The van der Waals surface area contributed by atoms with Gasteiger partial charge in [-0.2, -0.15) is 0 Å². The van der Waals surface area contributed by atoms with Gasteiger partial charge in [0.25, 0.3) is 0 Å². The van der Waals surface area contributed by atoms with Crippen molar-refractivity contribution in [2.45, 2.75) is 78.3 Å².